The van der Waals surface area contributed by atoms with E-state index in [1.807, 2.05) is 0 Å². The highest BCUT2D eigenvalue weighted by Crippen LogP contribution is 2.43. The van der Waals surface area contributed by atoms with Crippen molar-refractivity contribution in [2.75, 3.05) is 0 Å². The van der Waals surface area contributed by atoms with Gasteiger partial charge >= 0.3 is 0 Å². The van der Waals surface area contributed by atoms with E-state index < -0.39 is 11.6 Å². The van der Waals surface area contributed by atoms with Crippen LogP contribution in [0, 0.1) is 35.3 Å². The third kappa shape index (κ3) is 5.21. The quantitative estimate of drug-likeness (QED) is 0.437. The summed E-state index contributed by atoms with van der Waals surface area (Å²) < 4.78 is 27.1. The Kier molecular flexibility index (Phi) is 7.37. The van der Waals surface area contributed by atoms with Crippen molar-refractivity contribution in [1.82, 2.24) is 0 Å². The lowest BCUT2D eigenvalue weighted by Gasteiger charge is -2.38. The van der Waals surface area contributed by atoms with Crippen LogP contribution in [0.5, 0.6) is 0 Å². The summed E-state index contributed by atoms with van der Waals surface area (Å²) >= 11 is 5.56. The zero-order valence-electron chi connectivity index (χ0n) is 16.1. The summed E-state index contributed by atoms with van der Waals surface area (Å²) in [4.78, 5) is 0. The lowest BCUT2D eigenvalue weighted by Crippen LogP contribution is -2.26. The van der Waals surface area contributed by atoms with E-state index >= 15 is 0 Å². The Morgan fingerprint density at radius 2 is 1.27 bits per heavy atom. The van der Waals surface area contributed by atoms with Crippen LogP contribution >= 0.6 is 11.6 Å². The lowest BCUT2D eigenvalue weighted by atomic mass is 9.68. The Bertz CT molecular complexity index is 547. The minimum atomic E-state index is -0.635. The molecule has 0 heterocycles. The molecule has 3 heteroatoms. The first-order valence-electron chi connectivity index (χ1n) is 10.7. The smallest absolute Gasteiger partial charge is 0.145 e. The maximum absolute atomic E-state index is 13.6. The number of hydrogen-bond acceptors (Lipinski definition) is 0. The molecule has 2 aliphatic carbocycles. The van der Waals surface area contributed by atoms with Gasteiger partial charge in [-0.25, -0.2) is 8.78 Å². The van der Waals surface area contributed by atoms with Crippen molar-refractivity contribution in [1.29, 1.82) is 0 Å². The van der Waals surface area contributed by atoms with Gasteiger partial charge in [-0.3, -0.25) is 0 Å². The molecule has 2 aliphatic rings. The molecule has 0 N–H and O–H groups in total. The van der Waals surface area contributed by atoms with E-state index in [1.165, 1.54) is 76.3 Å². The molecule has 0 atom stereocenters. The summed E-state index contributed by atoms with van der Waals surface area (Å²) in [7, 11) is 0. The number of hydrogen-bond donors (Lipinski definition) is 0. The first kappa shape index (κ1) is 20.1. The Balaban J connectivity index is 1.40. The maximum Gasteiger partial charge on any atom is 0.145 e. The second-order valence-electron chi connectivity index (χ2n) is 8.76. The molecule has 0 spiro atoms. The lowest BCUT2D eigenvalue weighted by molar-refractivity contribution is 0.141. The van der Waals surface area contributed by atoms with Gasteiger partial charge < -0.3 is 0 Å². The summed E-state index contributed by atoms with van der Waals surface area (Å²) in [6.45, 7) is 2.31. The normalized spacial score (nSPS) is 29.7. The van der Waals surface area contributed by atoms with Crippen LogP contribution in [-0.2, 0) is 6.42 Å². The summed E-state index contributed by atoms with van der Waals surface area (Å²) in [5.41, 5.74) is 0.737. The van der Waals surface area contributed by atoms with Crippen LogP contribution in [0.3, 0.4) is 0 Å². The summed E-state index contributed by atoms with van der Waals surface area (Å²) in [6.07, 6.45) is 15.6. The number of aryl methyl sites for hydroxylation is 1. The molecule has 2 saturated carbocycles. The predicted octanol–water partition coefficient (Wildman–Crippen LogP) is 7.96. The van der Waals surface area contributed by atoms with E-state index in [9.17, 15) is 8.78 Å². The largest absolute Gasteiger partial charge is 0.205 e. The topological polar surface area (TPSA) is 0 Å². The molecule has 2 fully saturated rings. The molecular formula is C23H33ClF2. The Hall–Kier alpha value is -0.630. The van der Waals surface area contributed by atoms with E-state index in [-0.39, 0.29) is 5.02 Å². The van der Waals surface area contributed by atoms with Crippen molar-refractivity contribution in [2.24, 2.45) is 23.7 Å². The second kappa shape index (κ2) is 9.53. The van der Waals surface area contributed by atoms with Gasteiger partial charge in [-0.15, -0.1) is 0 Å². The van der Waals surface area contributed by atoms with Gasteiger partial charge in [-0.1, -0.05) is 57.0 Å². The van der Waals surface area contributed by atoms with Gasteiger partial charge in [0.15, 0.2) is 0 Å². The van der Waals surface area contributed by atoms with Crippen LogP contribution in [-0.4, -0.2) is 0 Å². The molecule has 3 rings (SSSR count). The van der Waals surface area contributed by atoms with Gasteiger partial charge in [0.05, 0.1) is 0 Å². The van der Waals surface area contributed by atoms with E-state index in [0.717, 1.165) is 36.2 Å². The Morgan fingerprint density at radius 3 is 1.73 bits per heavy atom. The highest BCUT2D eigenvalue weighted by molar-refractivity contribution is 6.30. The predicted molar refractivity (Wildman–Crippen MR) is 105 cm³/mol. The minimum absolute atomic E-state index is 0.386. The van der Waals surface area contributed by atoms with Crippen molar-refractivity contribution in [3.8, 4) is 0 Å². The molecule has 0 saturated heterocycles. The van der Waals surface area contributed by atoms with Crippen molar-refractivity contribution in [2.45, 2.75) is 84.0 Å². The van der Waals surface area contributed by atoms with Crippen LogP contribution in [0.25, 0.3) is 0 Å². The molecule has 0 radical (unpaired) electrons. The molecule has 0 unspecified atom stereocenters. The molecule has 1 aromatic carbocycles. The van der Waals surface area contributed by atoms with E-state index in [2.05, 4.69) is 6.92 Å². The van der Waals surface area contributed by atoms with E-state index in [1.54, 1.807) is 0 Å². The highest BCUT2D eigenvalue weighted by atomic mass is 35.5. The average molecular weight is 383 g/mol. The standard InChI is InChI=1S/C23H33ClF2/c1-2-3-16-6-10-19(11-7-16)20-12-8-17(9-13-20)4-5-18-14-21(25)23(24)22(26)15-18/h14-17,19-20H,2-13H2,1H3/t16-,17?,19-,20?. The van der Waals surface area contributed by atoms with Gasteiger partial charge in [-0.2, -0.15) is 0 Å². The van der Waals surface area contributed by atoms with Crippen molar-refractivity contribution >= 4 is 11.6 Å². The average Bonchev–Trinajstić information content (AvgIpc) is 2.66. The number of benzene rings is 1. The SMILES string of the molecule is CCC[C@H]1CC[C@H](C2CCC(CCc3cc(F)c(Cl)c(F)c3)CC2)CC1. The fourth-order valence-electron chi connectivity index (χ4n) is 5.43. The van der Waals surface area contributed by atoms with Crippen LogP contribution < -0.4 is 0 Å². The highest BCUT2D eigenvalue weighted by Gasteiger charge is 2.30. The van der Waals surface area contributed by atoms with Gasteiger partial charge in [0.2, 0.25) is 0 Å². The molecule has 0 bridgehead atoms. The fourth-order valence-corrected chi connectivity index (χ4v) is 5.54. The van der Waals surface area contributed by atoms with Gasteiger partial charge in [-0.05, 0) is 79.9 Å². The van der Waals surface area contributed by atoms with Crippen LogP contribution in [0.1, 0.15) is 83.1 Å². The third-order valence-corrected chi connectivity index (χ3v) is 7.39. The molecule has 146 valence electrons. The van der Waals surface area contributed by atoms with Crippen molar-refractivity contribution in [3.63, 3.8) is 0 Å². The summed E-state index contributed by atoms with van der Waals surface area (Å²) in [5, 5.41) is -0.386. The zero-order chi connectivity index (χ0) is 18.5. The fraction of sp³-hybridized carbons (Fsp3) is 0.739. The maximum atomic E-state index is 13.6. The zero-order valence-corrected chi connectivity index (χ0v) is 16.8. The minimum Gasteiger partial charge on any atom is -0.205 e. The van der Waals surface area contributed by atoms with Gasteiger partial charge in [0.25, 0.3) is 0 Å². The monoisotopic (exact) mass is 382 g/mol. The van der Waals surface area contributed by atoms with E-state index in [4.69, 9.17) is 11.6 Å². The first-order valence-corrected chi connectivity index (χ1v) is 11.1. The van der Waals surface area contributed by atoms with E-state index in [0.29, 0.717) is 5.92 Å². The molecule has 1 aromatic rings. The Morgan fingerprint density at radius 1 is 0.808 bits per heavy atom. The summed E-state index contributed by atoms with van der Waals surface area (Å²) in [5.74, 6) is 2.33. The van der Waals surface area contributed by atoms with Crippen molar-refractivity contribution < 1.29 is 8.78 Å². The summed E-state index contributed by atoms with van der Waals surface area (Å²) in [6, 6.07) is 2.79. The van der Waals surface area contributed by atoms with Crippen molar-refractivity contribution in [3.05, 3.63) is 34.4 Å². The second-order valence-corrected chi connectivity index (χ2v) is 9.14. The molecule has 0 nitrogen and oxygen atoms in total. The molecule has 0 aromatic heterocycles. The first-order chi connectivity index (χ1) is 12.6. The number of halogens is 3. The third-order valence-electron chi connectivity index (χ3n) is 7.03. The number of rotatable bonds is 6. The molecule has 0 aliphatic heterocycles. The van der Waals surface area contributed by atoms with Crippen LogP contribution in [0.15, 0.2) is 12.1 Å². The Labute approximate surface area is 162 Å². The van der Waals surface area contributed by atoms with Crippen LogP contribution in [0.4, 0.5) is 8.78 Å². The molecule has 26 heavy (non-hydrogen) atoms. The molecule has 0 amide bonds. The van der Waals surface area contributed by atoms with Gasteiger partial charge in [0, 0.05) is 0 Å². The molecular weight excluding hydrogens is 350 g/mol. The van der Waals surface area contributed by atoms with Gasteiger partial charge in [0.1, 0.15) is 16.7 Å². The van der Waals surface area contributed by atoms with Crippen LogP contribution in [0.2, 0.25) is 5.02 Å².